The minimum Gasteiger partial charge on any atom is -0.481 e. The molecule has 3 N–H and O–H groups in total. The van der Waals surface area contributed by atoms with Crippen molar-refractivity contribution in [1.29, 1.82) is 0 Å². The Morgan fingerprint density at radius 1 is 1.65 bits per heavy atom. The zero-order valence-electron chi connectivity index (χ0n) is 10.6. The van der Waals surface area contributed by atoms with Gasteiger partial charge in [0.15, 0.2) is 0 Å². The van der Waals surface area contributed by atoms with Crippen LogP contribution in [0.3, 0.4) is 0 Å². The molecule has 0 aromatic heterocycles. The van der Waals surface area contributed by atoms with E-state index in [4.69, 9.17) is 10.8 Å². The van der Waals surface area contributed by atoms with Crippen LogP contribution in [0.15, 0.2) is 11.6 Å². The first-order valence-corrected chi connectivity index (χ1v) is 6.72. The molecular formula is C14H23NO2. The summed E-state index contributed by atoms with van der Waals surface area (Å²) in [6, 6.07) is 0. The molecule has 0 radical (unpaired) electrons. The summed E-state index contributed by atoms with van der Waals surface area (Å²) in [5, 5.41) is 9.00. The van der Waals surface area contributed by atoms with Crippen molar-refractivity contribution in [2.45, 2.75) is 45.4 Å². The molecule has 0 spiro atoms. The van der Waals surface area contributed by atoms with Gasteiger partial charge in [-0.3, -0.25) is 4.79 Å². The molecule has 0 aliphatic heterocycles. The van der Waals surface area contributed by atoms with Gasteiger partial charge >= 0.3 is 5.97 Å². The smallest absolute Gasteiger partial charge is 0.303 e. The normalized spacial score (nSPS) is 35.1. The number of hydrogen-bond donors (Lipinski definition) is 2. The maximum Gasteiger partial charge on any atom is 0.303 e. The number of carboxylic acids is 1. The Kier molecular flexibility index (Phi) is 3.57. The van der Waals surface area contributed by atoms with Gasteiger partial charge in [0.05, 0.1) is 6.42 Å². The van der Waals surface area contributed by atoms with Crippen molar-refractivity contribution in [3.05, 3.63) is 11.6 Å². The van der Waals surface area contributed by atoms with Crippen molar-refractivity contribution in [3.8, 4) is 0 Å². The Morgan fingerprint density at radius 3 is 3.00 bits per heavy atom. The van der Waals surface area contributed by atoms with Gasteiger partial charge in [-0.05, 0) is 49.5 Å². The fourth-order valence-electron chi connectivity index (χ4n) is 3.67. The summed E-state index contributed by atoms with van der Waals surface area (Å²) in [7, 11) is 0. The van der Waals surface area contributed by atoms with Crippen LogP contribution < -0.4 is 5.73 Å². The molecule has 2 aliphatic rings. The summed E-state index contributed by atoms with van der Waals surface area (Å²) >= 11 is 0. The van der Waals surface area contributed by atoms with Gasteiger partial charge in [-0.15, -0.1) is 0 Å². The fraction of sp³-hybridized carbons (Fsp3) is 0.786. The molecule has 3 heteroatoms. The van der Waals surface area contributed by atoms with Gasteiger partial charge in [-0.2, -0.15) is 0 Å². The van der Waals surface area contributed by atoms with Crippen molar-refractivity contribution in [2.24, 2.45) is 23.0 Å². The van der Waals surface area contributed by atoms with Gasteiger partial charge in [0.1, 0.15) is 0 Å². The minimum atomic E-state index is -0.704. The molecule has 0 amide bonds. The maximum absolute atomic E-state index is 10.9. The molecule has 1 saturated carbocycles. The van der Waals surface area contributed by atoms with Crippen molar-refractivity contribution >= 4 is 5.97 Å². The summed E-state index contributed by atoms with van der Waals surface area (Å²) in [6.07, 6.45) is 8.45. The Balaban J connectivity index is 2.01. The molecule has 2 aliphatic carbocycles. The molecular weight excluding hydrogens is 214 g/mol. The van der Waals surface area contributed by atoms with Crippen molar-refractivity contribution in [2.75, 3.05) is 6.54 Å². The number of nitrogens with two attached hydrogens (primary N) is 1. The van der Waals surface area contributed by atoms with Crippen molar-refractivity contribution in [3.63, 3.8) is 0 Å². The van der Waals surface area contributed by atoms with Gasteiger partial charge < -0.3 is 10.8 Å². The second-order valence-corrected chi connectivity index (χ2v) is 5.76. The zero-order valence-corrected chi connectivity index (χ0v) is 10.6. The highest BCUT2D eigenvalue weighted by Crippen LogP contribution is 2.59. The second kappa shape index (κ2) is 4.81. The van der Waals surface area contributed by atoms with Crippen LogP contribution in [-0.2, 0) is 4.79 Å². The van der Waals surface area contributed by atoms with Crippen LogP contribution in [0, 0.1) is 17.3 Å². The van der Waals surface area contributed by atoms with Crippen molar-refractivity contribution < 1.29 is 9.90 Å². The molecule has 0 saturated heterocycles. The van der Waals surface area contributed by atoms with E-state index in [0.717, 1.165) is 6.42 Å². The third kappa shape index (κ3) is 2.25. The lowest BCUT2D eigenvalue weighted by Crippen LogP contribution is -2.51. The molecule has 0 bridgehead atoms. The van der Waals surface area contributed by atoms with Crippen LogP contribution in [0.25, 0.3) is 0 Å². The van der Waals surface area contributed by atoms with E-state index in [0.29, 0.717) is 18.4 Å². The lowest BCUT2D eigenvalue weighted by atomic mass is 9.53. The predicted octanol–water partition coefficient (Wildman–Crippen LogP) is 2.56. The summed E-state index contributed by atoms with van der Waals surface area (Å²) < 4.78 is 0. The third-order valence-corrected chi connectivity index (χ3v) is 4.58. The zero-order chi connectivity index (χ0) is 12.5. The Labute approximate surface area is 103 Å². The summed E-state index contributed by atoms with van der Waals surface area (Å²) in [5.74, 6) is 0.421. The standard InChI is InChI=1S/C14H23NO2/c1-2-3-4-10-5-11-7-14(9-15,8-13(16)17)12(11)6-10/h6,11-12H,2-5,7-9,15H2,1H3,(H,16,17)/t11-,12?,14-/m0/s1. The first-order chi connectivity index (χ1) is 8.11. The van der Waals surface area contributed by atoms with Gasteiger partial charge in [0.2, 0.25) is 0 Å². The number of unbranched alkanes of at least 4 members (excludes halogenated alkanes) is 1. The highest BCUT2D eigenvalue weighted by atomic mass is 16.4. The van der Waals surface area contributed by atoms with E-state index in [1.54, 1.807) is 5.57 Å². The SMILES string of the molecule is CCCCC1=CC2[C@@H](C1)C[C@@]2(CN)CC(=O)O. The third-order valence-electron chi connectivity index (χ3n) is 4.58. The summed E-state index contributed by atoms with van der Waals surface area (Å²) in [4.78, 5) is 10.9. The number of carbonyl (C=O) groups is 1. The molecule has 1 unspecified atom stereocenters. The largest absolute Gasteiger partial charge is 0.481 e. The van der Waals surface area contributed by atoms with E-state index >= 15 is 0 Å². The van der Waals surface area contributed by atoms with Crippen LogP contribution in [-0.4, -0.2) is 17.6 Å². The quantitative estimate of drug-likeness (QED) is 0.698. The maximum atomic E-state index is 10.9. The van der Waals surface area contributed by atoms with E-state index in [9.17, 15) is 4.79 Å². The van der Waals surface area contributed by atoms with Crippen molar-refractivity contribution in [1.82, 2.24) is 0 Å². The predicted molar refractivity (Wildman–Crippen MR) is 67.6 cm³/mol. The van der Waals surface area contributed by atoms with E-state index in [1.807, 2.05) is 0 Å². The molecule has 2 rings (SSSR count). The van der Waals surface area contributed by atoms with Gasteiger partial charge in [0, 0.05) is 0 Å². The lowest BCUT2D eigenvalue weighted by molar-refractivity contribution is -0.144. The minimum absolute atomic E-state index is 0.134. The number of fused-ring (bicyclic) bond motifs is 1. The average Bonchev–Trinajstić information content (AvgIpc) is 2.61. The Bertz CT molecular complexity index is 337. The second-order valence-electron chi connectivity index (χ2n) is 5.76. The van der Waals surface area contributed by atoms with Crippen LogP contribution in [0.1, 0.15) is 45.4 Å². The first kappa shape index (κ1) is 12.6. The van der Waals surface area contributed by atoms with E-state index in [1.165, 1.54) is 25.7 Å². The van der Waals surface area contributed by atoms with Gasteiger partial charge in [-0.25, -0.2) is 0 Å². The molecule has 3 nitrogen and oxygen atoms in total. The van der Waals surface area contributed by atoms with Crippen LogP contribution in [0.5, 0.6) is 0 Å². The molecule has 96 valence electrons. The fourth-order valence-corrected chi connectivity index (χ4v) is 3.67. The van der Waals surface area contributed by atoms with E-state index in [2.05, 4.69) is 13.0 Å². The van der Waals surface area contributed by atoms with E-state index in [-0.39, 0.29) is 11.8 Å². The number of allylic oxidation sites excluding steroid dienone is 2. The number of rotatable bonds is 6. The molecule has 0 heterocycles. The topological polar surface area (TPSA) is 63.3 Å². The molecule has 1 fully saturated rings. The monoisotopic (exact) mass is 237 g/mol. The van der Waals surface area contributed by atoms with Crippen LogP contribution in [0.4, 0.5) is 0 Å². The van der Waals surface area contributed by atoms with Crippen LogP contribution in [0.2, 0.25) is 0 Å². The number of aliphatic carboxylic acids is 1. The van der Waals surface area contributed by atoms with Gasteiger partial charge in [0.25, 0.3) is 0 Å². The van der Waals surface area contributed by atoms with E-state index < -0.39 is 5.97 Å². The lowest BCUT2D eigenvalue weighted by Gasteiger charge is -2.51. The summed E-state index contributed by atoms with van der Waals surface area (Å²) in [6.45, 7) is 2.72. The summed E-state index contributed by atoms with van der Waals surface area (Å²) in [5.41, 5.74) is 7.24. The van der Waals surface area contributed by atoms with Gasteiger partial charge in [-0.1, -0.05) is 25.0 Å². The first-order valence-electron chi connectivity index (χ1n) is 6.72. The number of carboxylic acid groups (broad SMARTS) is 1. The molecule has 0 aromatic carbocycles. The molecule has 17 heavy (non-hydrogen) atoms. The average molecular weight is 237 g/mol. The molecule has 0 aromatic rings. The van der Waals surface area contributed by atoms with Crippen LogP contribution >= 0.6 is 0 Å². The molecule has 3 atom stereocenters. The number of hydrogen-bond acceptors (Lipinski definition) is 2. The highest BCUT2D eigenvalue weighted by molar-refractivity contribution is 5.68. The Morgan fingerprint density at radius 2 is 2.41 bits per heavy atom. The highest BCUT2D eigenvalue weighted by Gasteiger charge is 2.54. The Hall–Kier alpha value is -0.830.